The summed E-state index contributed by atoms with van der Waals surface area (Å²) in [5.74, 6) is -0.535. The first-order chi connectivity index (χ1) is 9.51. The Balaban J connectivity index is 1.92. The number of carboxylic acids is 1. The average Bonchev–Trinajstić information content (AvgIpc) is 2.36. The van der Waals surface area contributed by atoms with Crippen molar-refractivity contribution in [2.45, 2.75) is 44.2 Å². The van der Waals surface area contributed by atoms with Crippen LogP contribution in [0.3, 0.4) is 0 Å². The lowest BCUT2D eigenvalue weighted by Crippen LogP contribution is -2.57. The molecular weight excluding hydrogens is 258 g/mol. The normalized spacial score (nSPS) is 17.6. The average molecular weight is 277 g/mol. The molecule has 0 heterocycles. The van der Waals surface area contributed by atoms with Crippen molar-refractivity contribution in [1.29, 1.82) is 0 Å². The van der Waals surface area contributed by atoms with Crippen LogP contribution in [0.1, 0.15) is 32.6 Å². The Morgan fingerprint density at radius 3 is 2.50 bits per heavy atom. The van der Waals surface area contributed by atoms with Gasteiger partial charge in [0.1, 0.15) is 5.75 Å². The van der Waals surface area contributed by atoms with E-state index in [1.165, 1.54) is 0 Å². The molecule has 0 spiro atoms. The molecule has 1 fully saturated rings. The second-order valence-corrected chi connectivity index (χ2v) is 5.27. The van der Waals surface area contributed by atoms with Gasteiger partial charge in [0.15, 0.2) is 6.10 Å². The standard InChI is InChI=1S/C15H19NO4/c1-11(20-12-6-3-2-4-7-12)14(19)16-15(8-5-9-15)10-13(17)18/h2-4,6-7,11H,5,8-10H2,1H3,(H,16,19)(H,17,18). The van der Waals surface area contributed by atoms with Crippen LogP contribution in [0.5, 0.6) is 5.75 Å². The molecule has 0 aromatic heterocycles. The van der Waals surface area contributed by atoms with Gasteiger partial charge in [-0.1, -0.05) is 18.2 Å². The van der Waals surface area contributed by atoms with Gasteiger partial charge in [0.2, 0.25) is 0 Å². The van der Waals surface area contributed by atoms with E-state index in [-0.39, 0.29) is 12.3 Å². The molecule has 1 amide bonds. The molecule has 1 aromatic carbocycles. The van der Waals surface area contributed by atoms with Gasteiger partial charge in [-0.15, -0.1) is 0 Å². The molecule has 1 aliphatic rings. The lowest BCUT2D eigenvalue weighted by molar-refractivity contribution is -0.141. The molecule has 0 aliphatic heterocycles. The lowest BCUT2D eigenvalue weighted by Gasteiger charge is -2.42. The van der Waals surface area contributed by atoms with E-state index in [0.29, 0.717) is 18.6 Å². The van der Waals surface area contributed by atoms with Crippen molar-refractivity contribution in [2.24, 2.45) is 0 Å². The Morgan fingerprint density at radius 2 is 2.00 bits per heavy atom. The van der Waals surface area contributed by atoms with Crippen molar-refractivity contribution in [3.05, 3.63) is 30.3 Å². The van der Waals surface area contributed by atoms with E-state index in [2.05, 4.69) is 5.32 Å². The molecule has 1 aromatic rings. The first-order valence-corrected chi connectivity index (χ1v) is 6.76. The molecule has 0 bridgehead atoms. The van der Waals surface area contributed by atoms with Crippen LogP contribution in [0, 0.1) is 0 Å². The number of carboxylic acid groups (broad SMARTS) is 1. The topological polar surface area (TPSA) is 75.6 Å². The van der Waals surface area contributed by atoms with Gasteiger partial charge in [-0.25, -0.2) is 0 Å². The lowest BCUT2D eigenvalue weighted by atomic mass is 9.74. The van der Waals surface area contributed by atoms with Gasteiger partial charge in [-0.2, -0.15) is 0 Å². The summed E-state index contributed by atoms with van der Waals surface area (Å²) in [5.41, 5.74) is -0.586. The molecule has 0 saturated heterocycles. The van der Waals surface area contributed by atoms with Crippen LogP contribution < -0.4 is 10.1 Å². The van der Waals surface area contributed by atoms with Gasteiger partial charge >= 0.3 is 5.97 Å². The Labute approximate surface area is 117 Å². The highest BCUT2D eigenvalue weighted by Gasteiger charge is 2.41. The summed E-state index contributed by atoms with van der Waals surface area (Å²) >= 11 is 0. The number of rotatable bonds is 6. The first-order valence-electron chi connectivity index (χ1n) is 6.76. The van der Waals surface area contributed by atoms with Gasteiger partial charge in [-0.05, 0) is 38.3 Å². The third-order valence-electron chi connectivity index (χ3n) is 3.61. The number of ether oxygens (including phenoxy) is 1. The molecule has 5 heteroatoms. The Hall–Kier alpha value is -2.04. The van der Waals surface area contributed by atoms with E-state index in [1.807, 2.05) is 18.2 Å². The van der Waals surface area contributed by atoms with Gasteiger partial charge < -0.3 is 15.2 Å². The third kappa shape index (κ3) is 3.50. The minimum atomic E-state index is -0.887. The number of hydrogen-bond donors (Lipinski definition) is 2. The minimum Gasteiger partial charge on any atom is -0.481 e. The third-order valence-corrected chi connectivity index (χ3v) is 3.61. The van der Waals surface area contributed by atoms with Crippen molar-refractivity contribution in [3.63, 3.8) is 0 Å². The Morgan fingerprint density at radius 1 is 1.35 bits per heavy atom. The summed E-state index contributed by atoms with van der Waals surface area (Å²) in [7, 11) is 0. The molecule has 1 atom stereocenters. The van der Waals surface area contributed by atoms with Crippen LogP contribution in [0.4, 0.5) is 0 Å². The van der Waals surface area contributed by atoms with Gasteiger partial charge in [0.25, 0.3) is 5.91 Å². The maximum Gasteiger partial charge on any atom is 0.305 e. The Bertz CT molecular complexity index is 482. The van der Waals surface area contributed by atoms with Crippen LogP contribution in [0.2, 0.25) is 0 Å². The smallest absolute Gasteiger partial charge is 0.305 e. The van der Waals surface area contributed by atoms with E-state index in [1.54, 1.807) is 19.1 Å². The number of carbonyl (C=O) groups is 2. The predicted octanol–water partition coefficient (Wildman–Crippen LogP) is 1.97. The number of aliphatic carboxylic acids is 1. The maximum atomic E-state index is 12.1. The summed E-state index contributed by atoms with van der Waals surface area (Å²) in [6.45, 7) is 1.66. The van der Waals surface area contributed by atoms with Crippen LogP contribution >= 0.6 is 0 Å². The van der Waals surface area contributed by atoms with E-state index in [0.717, 1.165) is 6.42 Å². The second kappa shape index (κ2) is 5.94. The fourth-order valence-corrected chi connectivity index (χ4v) is 2.36. The van der Waals surface area contributed by atoms with E-state index < -0.39 is 17.6 Å². The maximum absolute atomic E-state index is 12.1. The van der Waals surface area contributed by atoms with E-state index in [4.69, 9.17) is 9.84 Å². The predicted molar refractivity (Wildman–Crippen MR) is 73.5 cm³/mol. The molecule has 5 nitrogen and oxygen atoms in total. The number of carbonyl (C=O) groups excluding carboxylic acids is 1. The quantitative estimate of drug-likeness (QED) is 0.833. The van der Waals surface area contributed by atoms with Crippen molar-refractivity contribution >= 4 is 11.9 Å². The molecular formula is C15H19NO4. The van der Waals surface area contributed by atoms with Crippen molar-refractivity contribution in [1.82, 2.24) is 5.32 Å². The number of hydrogen-bond acceptors (Lipinski definition) is 3. The largest absolute Gasteiger partial charge is 0.481 e. The van der Waals surface area contributed by atoms with Crippen molar-refractivity contribution in [2.75, 3.05) is 0 Å². The number of amides is 1. The van der Waals surface area contributed by atoms with Crippen molar-refractivity contribution < 1.29 is 19.4 Å². The molecule has 0 radical (unpaired) electrons. The zero-order valence-corrected chi connectivity index (χ0v) is 11.5. The number of para-hydroxylation sites is 1. The highest BCUT2D eigenvalue weighted by Crippen LogP contribution is 2.35. The summed E-state index contributed by atoms with van der Waals surface area (Å²) in [6.07, 6.45) is 1.69. The minimum absolute atomic E-state index is 0.0310. The van der Waals surface area contributed by atoms with Gasteiger partial charge in [0, 0.05) is 0 Å². The monoisotopic (exact) mass is 277 g/mol. The molecule has 2 N–H and O–H groups in total. The molecule has 2 rings (SSSR count). The second-order valence-electron chi connectivity index (χ2n) is 5.27. The van der Waals surface area contributed by atoms with Crippen LogP contribution in [0.15, 0.2) is 30.3 Å². The summed E-state index contributed by atoms with van der Waals surface area (Å²) in [5, 5.41) is 11.8. The zero-order chi connectivity index (χ0) is 14.6. The molecule has 108 valence electrons. The first kappa shape index (κ1) is 14.4. The molecule has 1 saturated carbocycles. The zero-order valence-electron chi connectivity index (χ0n) is 11.5. The molecule has 1 unspecified atom stereocenters. The van der Waals surface area contributed by atoms with Crippen LogP contribution in [-0.4, -0.2) is 28.6 Å². The summed E-state index contributed by atoms with van der Waals surface area (Å²) in [4.78, 5) is 23.0. The molecule has 20 heavy (non-hydrogen) atoms. The highest BCUT2D eigenvalue weighted by molar-refractivity contribution is 5.82. The van der Waals surface area contributed by atoms with E-state index in [9.17, 15) is 9.59 Å². The summed E-state index contributed by atoms with van der Waals surface area (Å²) in [6, 6.07) is 9.09. The fraction of sp³-hybridized carbons (Fsp3) is 0.467. The molecule has 1 aliphatic carbocycles. The fourth-order valence-electron chi connectivity index (χ4n) is 2.36. The SMILES string of the molecule is CC(Oc1ccccc1)C(=O)NC1(CC(=O)O)CCC1. The van der Waals surface area contributed by atoms with Gasteiger partial charge in [-0.3, -0.25) is 9.59 Å². The highest BCUT2D eigenvalue weighted by atomic mass is 16.5. The number of nitrogens with one attached hydrogen (secondary N) is 1. The summed E-state index contributed by atoms with van der Waals surface area (Å²) < 4.78 is 5.54. The Kier molecular flexibility index (Phi) is 4.27. The van der Waals surface area contributed by atoms with Gasteiger partial charge in [0.05, 0.1) is 12.0 Å². The van der Waals surface area contributed by atoms with Crippen LogP contribution in [-0.2, 0) is 9.59 Å². The van der Waals surface area contributed by atoms with Crippen LogP contribution in [0.25, 0.3) is 0 Å². The van der Waals surface area contributed by atoms with Crippen molar-refractivity contribution in [3.8, 4) is 5.75 Å². The number of benzene rings is 1. The van der Waals surface area contributed by atoms with E-state index >= 15 is 0 Å².